The lowest BCUT2D eigenvalue weighted by molar-refractivity contribution is -0.106. The highest BCUT2D eigenvalue weighted by atomic mass is 32.2. The fraction of sp³-hybridized carbons (Fsp3) is 0.400. The van der Waals surface area contributed by atoms with Crippen LogP contribution in [-0.4, -0.2) is 31.4 Å². The number of halogens is 3. The van der Waals surface area contributed by atoms with Gasteiger partial charge in [0, 0.05) is 23.0 Å². The van der Waals surface area contributed by atoms with Crippen LogP contribution in [0.1, 0.15) is 13.8 Å². The molecule has 1 aliphatic rings. The first-order chi connectivity index (χ1) is 10.5. The smallest absolute Gasteiger partial charge is 0.348 e. The highest BCUT2D eigenvalue weighted by molar-refractivity contribution is 8.03. The summed E-state index contributed by atoms with van der Waals surface area (Å²) in [6.45, 7) is 4.20. The molecule has 120 valence electrons. The van der Waals surface area contributed by atoms with Gasteiger partial charge < -0.3 is 9.47 Å². The Morgan fingerprint density at radius 3 is 2.36 bits per heavy atom. The Morgan fingerprint density at radius 1 is 1.14 bits per heavy atom. The number of nitrogens with zero attached hydrogens (tertiary/aromatic N) is 1. The van der Waals surface area contributed by atoms with Crippen molar-refractivity contribution in [1.82, 2.24) is 0 Å². The third kappa shape index (κ3) is 4.12. The molecule has 1 aliphatic heterocycles. The van der Waals surface area contributed by atoms with E-state index in [1.807, 2.05) is 0 Å². The Hall–Kier alpha value is -1.31. The van der Waals surface area contributed by atoms with Crippen molar-refractivity contribution in [2.75, 3.05) is 13.2 Å². The lowest BCUT2D eigenvalue weighted by Gasteiger charge is -2.19. The van der Waals surface area contributed by atoms with Gasteiger partial charge in [-0.15, -0.1) is 0 Å². The molecular weight excluding hydrogens is 315 g/mol. The fourth-order valence-corrected chi connectivity index (χ4v) is 2.89. The van der Waals surface area contributed by atoms with E-state index in [4.69, 9.17) is 9.47 Å². The number of benzene rings is 1. The summed E-state index contributed by atoms with van der Waals surface area (Å²) in [5.41, 5.74) is -0.665. The van der Waals surface area contributed by atoms with Crippen molar-refractivity contribution in [3.05, 3.63) is 35.2 Å². The van der Waals surface area contributed by atoms with E-state index in [1.54, 1.807) is 38.1 Å². The Kier molecular flexibility index (Phi) is 5.66. The average Bonchev–Trinajstić information content (AvgIpc) is 2.66. The molecule has 0 aromatic heterocycles. The first-order valence-electron chi connectivity index (χ1n) is 6.83. The van der Waals surface area contributed by atoms with Gasteiger partial charge >= 0.3 is 6.18 Å². The van der Waals surface area contributed by atoms with Gasteiger partial charge in [-0.2, -0.15) is 13.2 Å². The van der Waals surface area contributed by atoms with Crippen LogP contribution in [0.15, 0.2) is 45.1 Å². The number of alkyl halides is 3. The van der Waals surface area contributed by atoms with E-state index in [2.05, 4.69) is 4.99 Å². The maximum Gasteiger partial charge on any atom is 0.433 e. The molecule has 0 saturated heterocycles. The van der Waals surface area contributed by atoms with Gasteiger partial charge in [-0.05, 0) is 32.1 Å². The molecule has 0 aliphatic carbocycles. The molecule has 3 nitrogen and oxygen atoms in total. The Morgan fingerprint density at radius 2 is 1.77 bits per heavy atom. The largest absolute Gasteiger partial charge is 0.433 e. The fourth-order valence-electron chi connectivity index (χ4n) is 1.87. The summed E-state index contributed by atoms with van der Waals surface area (Å²) in [6, 6.07) is 6.70. The monoisotopic (exact) mass is 331 g/mol. The standard InChI is InChI=1S/C15H16F3NO2S/c1-3-20-14(21-4-2)12-9-13(15(16,17)18)19-10-7-5-6-8-11(10)22-12/h5-9,14H,3-4H2,1-2H3. The molecule has 1 aromatic carbocycles. The molecule has 0 amide bonds. The van der Waals surface area contributed by atoms with Crippen LogP contribution in [0.3, 0.4) is 0 Å². The topological polar surface area (TPSA) is 30.8 Å². The van der Waals surface area contributed by atoms with Crippen LogP contribution in [-0.2, 0) is 9.47 Å². The summed E-state index contributed by atoms with van der Waals surface area (Å²) in [5.74, 6) is 0. The average molecular weight is 331 g/mol. The predicted octanol–water partition coefficient (Wildman–Crippen LogP) is 4.71. The lowest BCUT2D eigenvalue weighted by Crippen LogP contribution is -2.24. The maximum atomic E-state index is 13.2. The van der Waals surface area contributed by atoms with Crippen molar-refractivity contribution >= 4 is 23.2 Å². The molecule has 0 spiro atoms. The van der Waals surface area contributed by atoms with Crippen molar-refractivity contribution in [1.29, 1.82) is 0 Å². The number of hydrogen-bond donors (Lipinski definition) is 0. The lowest BCUT2D eigenvalue weighted by atomic mass is 10.3. The predicted molar refractivity (Wildman–Crippen MR) is 80.6 cm³/mol. The van der Waals surface area contributed by atoms with Crippen molar-refractivity contribution < 1.29 is 22.6 Å². The minimum absolute atomic E-state index is 0.290. The molecule has 0 fully saturated rings. The zero-order valence-electron chi connectivity index (χ0n) is 12.2. The molecule has 2 rings (SSSR count). The Balaban J connectivity index is 2.46. The molecule has 1 heterocycles. The summed E-state index contributed by atoms with van der Waals surface area (Å²) >= 11 is 1.18. The van der Waals surface area contributed by atoms with Crippen LogP contribution < -0.4 is 0 Å². The Labute approximate surface area is 131 Å². The second kappa shape index (κ2) is 7.30. The van der Waals surface area contributed by atoms with Crippen LogP contribution in [0.5, 0.6) is 0 Å². The van der Waals surface area contributed by atoms with Crippen molar-refractivity contribution in [3.63, 3.8) is 0 Å². The molecule has 0 N–H and O–H groups in total. The second-order valence-electron chi connectivity index (χ2n) is 4.35. The summed E-state index contributed by atoms with van der Waals surface area (Å²) in [4.78, 5) is 4.72. The molecule has 0 unspecified atom stereocenters. The quantitative estimate of drug-likeness (QED) is 0.732. The molecule has 1 aromatic rings. The summed E-state index contributed by atoms with van der Waals surface area (Å²) < 4.78 is 50.3. The summed E-state index contributed by atoms with van der Waals surface area (Å²) in [6.07, 6.45) is -4.37. The van der Waals surface area contributed by atoms with E-state index >= 15 is 0 Å². The zero-order valence-corrected chi connectivity index (χ0v) is 13.0. The molecule has 0 radical (unpaired) electrons. The normalized spacial score (nSPS) is 15.2. The van der Waals surface area contributed by atoms with Crippen LogP contribution in [0.25, 0.3) is 0 Å². The van der Waals surface area contributed by atoms with Crippen molar-refractivity contribution in [2.24, 2.45) is 4.99 Å². The molecule has 0 saturated carbocycles. The highest BCUT2D eigenvalue weighted by Crippen LogP contribution is 2.41. The number of rotatable bonds is 5. The van der Waals surface area contributed by atoms with Crippen molar-refractivity contribution in [3.8, 4) is 0 Å². The number of thioether (sulfide) groups is 1. The zero-order chi connectivity index (χ0) is 16.2. The van der Waals surface area contributed by atoms with Crippen LogP contribution in [0.4, 0.5) is 18.9 Å². The molecule has 0 bridgehead atoms. The number of para-hydroxylation sites is 1. The van der Waals surface area contributed by atoms with Crippen molar-refractivity contribution in [2.45, 2.75) is 31.2 Å². The first-order valence-corrected chi connectivity index (χ1v) is 7.65. The first kappa shape index (κ1) is 17.1. The minimum Gasteiger partial charge on any atom is -0.348 e. The van der Waals surface area contributed by atoms with E-state index in [0.717, 1.165) is 6.08 Å². The van der Waals surface area contributed by atoms with E-state index in [-0.39, 0.29) is 5.69 Å². The van der Waals surface area contributed by atoms with E-state index in [0.29, 0.717) is 23.0 Å². The number of allylic oxidation sites excluding steroid dienone is 1. The van der Waals surface area contributed by atoms with Crippen LogP contribution in [0.2, 0.25) is 0 Å². The third-order valence-electron chi connectivity index (χ3n) is 2.77. The summed E-state index contributed by atoms with van der Waals surface area (Å²) in [5, 5.41) is 0. The van der Waals surface area contributed by atoms with Gasteiger partial charge in [0.25, 0.3) is 0 Å². The number of hydrogen-bond acceptors (Lipinski definition) is 4. The van der Waals surface area contributed by atoms with Gasteiger partial charge in [0.15, 0.2) is 6.29 Å². The van der Waals surface area contributed by atoms with Gasteiger partial charge in [0.2, 0.25) is 0 Å². The van der Waals surface area contributed by atoms with Gasteiger partial charge in [-0.1, -0.05) is 23.9 Å². The van der Waals surface area contributed by atoms with Gasteiger partial charge in [-0.3, -0.25) is 0 Å². The minimum atomic E-state index is -4.54. The van der Waals surface area contributed by atoms with Crippen LogP contribution in [0, 0.1) is 0 Å². The van der Waals surface area contributed by atoms with Gasteiger partial charge in [0.05, 0.1) is 5.69 Å². The molecule has 22 heavy (non-hydrogen) atoms. The van der Waals surface area contributed by atoms with E-state index in [9.17, 15) is 13.2 Å². The maximum absolute atomic E-state index is 13.2. The SMILES string of the molecule is CCOC(OCC)C1=CC(C(F)(F)F)=Nc2ccccc2S1. The molecule has 7 heteroatoms. The van der Waals surface area contributed by atoms with E-state index < -0.39 is 18.2 Å². The molecule has 0 atom stereocenters. The number of ether oxygens (including phenoxy) is 2. The number of fused-ring (bicyclic) bond motifs is 1. The van der Waals surface area contributed by atoms with Gasteiger partial charge in [-0.25, -0.2) is 4.99 Å². The highest BCUT2D eigenvalue weighted by Gasteiger charge is 2.36. The van der Waals surface area contributed by atoms with Gasteiger partial charge in [0.1, 0.15) is 5.71 Å². The summed E-state index contributed by atoms with van der Waals surface area (Å²) in [7, 11) is 0. The Bertz CT molecular complexity index is 578. The second-order valence-corrected chi connectivity index (χ2v) is 5.47. The molecular formula is C15H16F3NO2S. The third-order valence-corrected chi connectivity index (χ3v) is 3.88. The van der Waals surface area contributed by atoms with E-state index in [1.165, 1.54) is 11.8 Å². The number of aliphatic imine (C=N–C) groups is 1. The van der Waals surface area contributed by atoms with Crippen LogP contribution >= 0.6 is 11.8 Å².